The molecule has 0 aliphatic heterocycles. The molecule has 0 heterocycles. The number of aryl methyl sites for hydroxylation is 1. The molecule has 0 radical (unpaired) electrons. The highest BCUT2D eigenvalue weighted by Gasteiger charge is 2.10. The van der Waals surface area contributed by atoms with E-state index in [4.69, 9.17) is 10.5 Å². The minimum absolute atomic E-state index is 0.0148. The van der Waals surface area contributed by atoms with Gasteiger partial charge in [0.1, 0.15) is 5.75 Å². The van der Waals surface area contributed by atoms with Crippen LogP contribution in [0.25, 0.3) is 0 Å². The fourth-order valence-corrected chi connectivity index (χ4v) is 1.66. The van der Waals surface area contributed by atoms with Crippen LogP contribution in [0.15, 0.2) is 18.2 Å². The second-order valence-electron chi connectivity index (χ2n) is 4.84. The molecular formula is C14H22N2O2. The average molecular weight is 250 g/mol. The Bertz CT molecular complexity index is 414. The lowest BCUT2D eigenvalue weighted by Gasteiger charge is -2.15. The molecule has 1 aromatic rings. The normalized spacial score (nSPS) is 12.3. The van der Waals surface area contributed by atoms with Gasteiger partial charge >= 0.3 is 0 Å². The smallest absolute Gasteiger partial charge is 0.258 e. The molecule has 0 unspecified atom stereocenters. The summed E-state index contributed by atoms with van der Waals surface area (Å²) < 4.78 is 5.52. The highest BCUT2D eigenvalue weighted by atomic mass is 16.5. The predicted molar refractivity (Wildman–Crippen MR) is 72.6 cm³/mol. The van der Waals surface area contributed by atoms with Crippen molar-refractivity contribution in [1.29, 1.82) is 0 Å². The van der Waals surface area contributed by atoms with Gasteiger partial charge in [-0.3, -0.25) is 4.79 Å². The van der Waals surface area contributed by atoms with Crippen molar-refractivity contribution in [3.8, 4) is 5.75 Å². The lowest BCUT2D eigenvalue weighted by molar-refractivity contribution is -0.123. The maximum Gasteiger partial charge on any atom is 0.258 e. The third-order valence-electron chi connectivity index (χ3n) is 2.46. The Hall–Kier alpha value is -1.55. The first-order valence-electron chi connectivity index (χ1n) is 6.18. The predicted octanol–water partition coefficient (Wildman–Crippen LogP) is 1.92. The van der Waals surface area contributed by atoms with Gasteiger partial charge in [0.15, 0.2) is 6.61 Å². The molecule has 4 heteroatoms. The first kappa shape index (κ1) is 14.5. The molecule has 0 saturated carbocycles. The van der Waals surface area contributed by atoms with Crippen molar-refractivity contribution in [3.05, 3.63) is 29.3 Å². The summed E-state index contributed by atoms with van der Waals surface area (Å²) in [6.07, 6.45) is 0. The van der Waals surface area contributed by atoms with E-state index < -0.39 is 0 Å². The summed E-state index contributed by atoms with van der Waals surface area (Å²) in [7, 11) is 0. The fourth-order valence-electron chi connectivity index (χ4n) is 1.66. The van der Waals surface area contributed by atoms with Gasteiger partial charge in [-0.15, -0.1) is 0 Å². The largest absolute Gasteiger partial charge is 0.483 e. The minimum Gasteiger partial charge on any atom is -0.483 e. The molecule has 0 spiro atoms. The molecule has 0 saturated heterocycles. The van der Waals surface area contributed by atoms with Gasteiger partial charge in [-0.2, -0.15) is 0 Å². The van der Waals surface area contributed by atoms with Gasteiger partial charge in [0, 0.05) is 17.6 Å². The summed E-state index contributed by atoms with van der Waals surface area (Å²) in [5, 5.41) is 2.78. The molecule has 0 fully saturated rings. The van der Waals surface area contributed by atoms with Crippen LogP contribution in [0.5, 0.6) is 5.75 Å². The maximum atomic E-state index is 11.5. The molecule has 1 aromatic carbocycles. The number of hydrogen-bond donors (Lipinski definition) is 2. The number of carbonyl (C=O) groups is 1. The molecule has 1 atom stereocenters. The van der Waals surface area contributed by atoms with E-state index >= 15 is 0 Å². The van der Waals surface area contributed by atoms with E-state index in [1.807, 2.05) is 45.9 Å². The van der Waals surface area contributed by atoms with E-state index in [1.54, 1.807) is 0 Å². The van der Waals surface area contributed by atoms with Gasteiger partial charge in [0.2, 0.25) is 0 Å². The Morgan fingerprint density at radius 3 is 2.61 bits per heavy atom. The van der Waals surface area contributed by atoms with Crippen LogP contribution >= 0.6 is 0 Å². The maximum absolute atomic E-state index is 11.5. The van der Waals surface area contributed by atoms with Crippen LogP contribution in [0.3, 0.4) is 0 Å². The van der Waals surface area contributed by atoms with Crippen LogP contribution in [0.2, 0.25) is 0 Å². The molecule has 100 valence electrons. The third-order valence-corrected chi connectivity index (χ3v) is 2.46. The van der Waals surface area contributed by atoms with E-state index in [9.17, 15) is 4.79 Å². The Balaban J connectivity index is 2.70. The zero-order valence-corrected chi connectivity index (χ0v) is 11.5. The molecule has 0 aliphatic carbocycles. The van der Waals surface area contributed by atoms with Crippen molar-refractivity contribution in [1.82, 2.24) is 5.32 Å². The first-order valence-corrected chi connectivity index (χ1v) is 6.18. The fraction of sp³-hybridized carbons (Fsp3) is 0.500. The number of rotatable bonds is 5. The first-order chi connectivity index (χ1) is 8.40. The molecule has 3 N–H and O–H groups in total. The molecule has 0 aliphatic rings. The summed E-state index contributed by atoms with van der Waals surface area (Å²) in [5.41, 5.74) is 7.94. The Labute approximate surface area is 109 Å². The van der Waals surface area contributed by atoms with Crippen LogP contribution in [0.1, 0.15) is 37.9 Å². The monoisotopic (exact) mass is 250 g/mol. The summed E-state index contributed by atoms with van der Waals surface area (Å²) in [5.74, 6) is 0.552. The van der Waals surface area contributed by atoms with Crippen molar-refractivity contribution in [2.24, 2.45) is 5.73 Å². The van der Waals surface area contributed by atoms with Crippen LogP contribution in [0, 0.1) is 6.92 Å². The molecule has 0 aromatic heterocycles. The number of nitrogens with one attached hydrogen (secondary N) is 1. The van der Waals surface area contributed by atoms with Crippen LogP contribution in [0.4, 0.5) is 0 Å². The topological polar surface area (TPSA) is 64.3 Å². The second kappa shape index (κ2) is 6.40. The summed E-state index contributed by atoms with van der Waals surface area (Å²) in [6, 6.07) is 5.79. The van der Waals surface area contributed by atoms with E-state index in [0.29, 0.717) is 5.75 Å². The summed E-state index contributed by atoms with van der Waals surface area (Å²) >= 11 is 0. The molecule has 1 rings (SSSR count). The highest BCUT2D eigenvalue weighted by Crippen LogP contribution is 2.24. The Kier molecular flexibility index (Phi) is 5.16. The number of hydrogen-bond acceptors (Lipinski definition) is 3. The van der Waals surface area contributed by atoms with E-state index in [1.165, 1.54) is 0 Å². The van der Waals surface area contributed by atoms with Gasteiger partial charge in [0.25, 0.3) is 5.91 Å². The summed E-state index contributed by atoms with van der Waals surface area (Å²) in [4.78, 5) is 11.5. The van der Waals surface area contributed by atoms with E-state index in [0.717, 1.165) is 11.1 Å². The minimum atomic E-state index is -0.124. The van der Waals surface area contributed by atoms with Crippen molar-refractivity contribution in [3.63, 3.8) is 0 Å². The number of ether oxygens (including phenoxy) is 1. The Morgan fingerprint density at radius 2 is 2.06 bits per heavy atom. The molecule has 4 nitrogen and oxygen atoms in total. The van der Waals surface area contributed by atoms with Gasteiger partial charge in [-0.25, -0.2) is 0 Å². The van der Waals surface area contributed by atoms with Gasteiger partial charge < -0.3 is 15.8 Å². The lowest BCUT2D eigenvalue weighted by Crippen LogP contribution is -2.34. The zero-order chi connectivity index (χ0) is 13.7. The van der Waals surface area contributed by atoms with Crippen LogP contribution in [-0.4, -0.2) is 18.6 Å². The van der Waals surface area contributed by atoms with E-state index in [-0.39, 0.29) is 24.6 Å². The number of carbonyl (C=O) groups excluding carboxylic acids is 1. The molecule has 18 heavy (non-hydrogen) atoms. The zero-order valence-electron chi connectivity index (χ0n) is 11.5. The molecule has 0 bridgehead atoms. The average Bonchev–Trinajstić information content (AvgIpc) is 2.26. The Morgan fingerprint density at radius 1 is 1.39 bits per heavy atom. The van der Waals surface area contributed by atoms with Gasteiger partial charge in [0.05, 0.1) is 0 Å². The highest BCUT2D eigenvalue weighted by molar-refractivity contribution is 5.77. The summed E-state index contributed by atoms with van der Waals surface area (Å²) in [6.45, 7) is 7.74. The molecule has 1 amide bonds. The number of amides is 1. The number of nitrogens with two attached hydrogens (primary N) is 1. The second-order valence-corrected chi connectivity index (χ2v) is 4.84. The third kappa shape index (κ3) is 4.37. The van der Waals surface area contributed by atoms with Crippen molar-refractivity contribution in [2.75, 3.05) is 6.61 Å². The van der Waals surface area contributed by atoms with Crippen LogP contribution in [-0.2, 0) is 4.79 Å². The SMILES string of the molecule is Cc1ccc(OCC(=O)NC(C)C)c([C@H](C)N)c1. The van der Waals surface area contributed by atoms with E-state index in [2.05, 4.69) is 5.32 Å². The van der Waals surface area contributed by atoms with Crippen molar-refractivity contribution >= 4 is 5.91 Å². The van der Waals surface area contributed by atoms with Crippen molar-refractivity contribution < 1.29 is 9.53 Å². The lowest BCUT2D eigenvalue weighted by atomic mass is 10.1. The quantitative estimate of drug-likeness (QED) is 0.839. The van der Waals surface area contributed by atoms with Gasteiger partial charge in [-0.05, 0) is 33.8 Å². The van der Waals surface area contributed by atoms with Crippen molar-refractivity contribution in [2.45, 2.75) is 39.8 Å². The number of benzene rings is 1. The molecular weight excluding hydrogens is 228 g/mol. The standard InChI is InChI=1S/C14H22N2O2/c1-9(2)16-14(17)8-18-13-6-5-10(3)7-12(13)11(4)15/h5-7,9,11H,8,15H2,1-4H3,(H,16,17)/t11-/m0/s1. The van der Waals surface area contributed by atoms with Gasteiger partial charge in [-0.1, -0.05) is 17.7 Å². The van der Waals surface area contributed by atoms with Crippen LogP contribution < -0.4 is 15.8 Å².